The fourth-order valence-electron chi connectivity index (χ4n) is 3.25. The molecule has 0 bridgehead atoms. The van der Waals surface area contributed by atoms with Gasteiger partial charge in [-0.2, -0.15) is 5.10 Å². The van der Waals surface area contributed by atoms with Gasteiger partial charge < -0.3 is 9.84 Å². The highest BCUT2D eigenvalue weighted by Gasteiger charge is 2.23. The predicted molar refractivity (Wildman–Crippen MR) is 90.1 cm³/mol. The molecule has 5 nitrogen and oxygen atoms in total. The van der Waals surface area contributed by atoms with Crippen LogP contribution in [0.5, 0.6) is 0 Å². The van der Waals surface area contributed by atoms with E-state index in [9.17, 15) is 5.11 Å². The Bertz CT molecular complexity index is 604. The lowest BCUT2D eigenvalue weighted by Crippen LogP contribution is -2.48. The van der Waals surface area contributed by atoms with Gasteiger partial charge in [0, 0.05) is 31.4 Å². The van der Waals surface area contributed by atoms with Crippen molar-refractivity contribution >= 4 is 0 Å². The molecule has 3 rings (SSSR count). The first-order chi connectivity index (χ1) is 11.1. The van der Waals surface area contributed by atoms with E-state index in [1.165, 1.54) is 0 Å². The van der Waals surface area contributed by atoms with Crippen molar-refractivity contribution in [2.75, 3.05) is 19.6 Å². The first-order valence-electron chi connectivity index (χ1n) is 8.24. The van der Waals surface area contributed by atoms with Crippen molar-refractivity contribution in [3.8, 4) is 11.1 Å². The summed E-state index contributed by atoms with van der Waals surface area (Å²) in [4.78, 5) is 2.27. The van der Waals surface area contributed by atoms with Crippen LogP contribution in [-0.4, -0.2) is 57.7 Å². The molecule has 0 aliphatic carbocycles. The number of morpholine rings is 1. The molecule has 23 heavy (non-hydrogen) atoms. The highest BCUT2D eigenvalue weighted by molar-refractivity contribution is 5.61. The van der Waals surface area contributed by atoms with Crippen molar-refractivity contribution in [1.82, 2.24) is 14.7 Å². The molecule has 3 atom stereocenters. The number of ether oxygens (including phenoxy) is 1. The predicted octanol–water partition coefficient (Wildman–Crippen LogP) is 2.02. The van der Waals surface area contributed by atoms with Crippen molar-refractivity contribution in [3.05, 3.63) is 42.7 Å². The second-order valence-corrected chi connectivity index (χ2v) is 6.45. The highest BCUT2D eigenvalue weighted by atomic mass is 16.5. The van der Waals surface area contributed by atoms with E-state index in [0.717, 1.165) is 24.2 Å². The third-order valence-electron chi connectivity index (χ3n) is 4.10. The average molecular weight is 315 g/mol. The number of β-amino-alcohol motifs (C(OH)–C–C–N with tert-alkyl or cyclic N) is 1. The average Bonchev–Trinajstić information content (AvgIpc) is 2.95. The zero-order valence-corrected chi connectivity index (χ0v) is 13.8. The maximum absolute atomic E-state index is 10.4. The lowest BCUT2D eigenvalue weighted by atomic mass is 10.1. The highest BCUT2D eigenvalue weighted by Crippen LogP contribution is 2.18. The monoisotopic (exact) mass is 315 g/mol. The Morgan fingerprint density at radius 1 is 1.13 bits per heavy atom. The molecular formula is C18H25N3O2. The summed E-state index contributed by atoms with van der Waals surface area (Å²) in [5.74, 6) is 0. The first kappa shape index (κ1) is 16.2. The maximum Gasteiger partial charge on any atom is 0.0862 e. The maximum atomic E-state index is 10.4. The SMILES string of the molecule is C[C@@H]1CN(C[C@@H](O)Cn2cc(-c3ccccc3)cn2)C[C@@H](C)O1. The van der Waals surface area contributed by atoms with Gasteiger partial charge in [0.2, 0.25) is 0 Å². The van der Waals surface area contributed by atoms with Gasteiger partial charge in [0.15, 0.2) is 0 Å². The smallest absolute Gasteiger partial charge is 0.0862 e. The molecule has 0 spiro atoms. The van der Waals surface area contributed by atoms with E-state index in [4.69, 9.17) is 4.74 Å². The Balaban J connectivity index is 1.56. The van der Waals surface area contributed by atoms with E-state index < -0.39 is 6.10 Å². The van der Waals surface area contributed by atoms with Gasteiger partial charge in [-0.05, 0) is 19.4 Å². The molecule has 1 fully saturated rings. The summed E-state index contributed by atoms with van der Waals surface area (Å²) in [7, 11) is 0. The van der Waals surface area contributed by atoms with Gasteiger partial charge in [-0.3, -0.25) is 9.58 Å². The zero-order valence-electron chi connectivity index (χ0n) is 13.8. The van der Waals surface area contributed by atoms with Crippen LogP contribution in [0.1, 0.15) is 13.8 Å². The van der Waals surface area contributed by atoms with Crippen LogP contribution < -0.4 is 0 Å². The van der Waals surface area contributed by atoms with E-state index in [-0.39, 0.29) is 12.2 Å². The number of aromatic nitrogens is 2. The third kappa shape index (κ3) is 4.41. The summed E-state index contributed by atoms with van der Waals surface area (Å²) in [6, 6.07) is 10.2. The topological polar surface area (TPSA) is 50.5 Å². The molecule has 0 amide bonds. The molecule has 0 radical (unpaired) electrons. The van der Waals surface area contributed by atoms with E-state index in [1.807, 2.05) is 35.3 Å². The first-order valence-corrected chi connectivity index (χ1v) is 8.24. The summed E-state index contributed by atoms with van der Waals surface area (Å²) in [5, 5.41) is 14.7. The van der Waals surface area contributed by atoms with Gasteiger partial charge in [0.25, 0.3) is 0 Å². The molecule has 1 saturated heterocycles. The van der Waals surface area contributed by atoms with Gasteiger partial charge in [-0.25, -0.2) is 0 Å². The molecule has 1 aromatic carbocycles. The van der Waals surface area contributed by atoms with Crippen LogP contribution in [0.4, 0.5) is 0 Å². The van der Waals surface area contributed by atoms with Gasteiger partial charge in [0.05, 0.1) is 31.1 Å². The summed E-state index contributed by atoms with van der Waals surface area (Å²) in [6.07, 6.45) is 3.85. The lowest BCUT2D eigenvalue weighted by molar-refractivity contribution is -0.0774. The number of benzene rings is 1. The van der Waals surface area contributed by atoms with Crippen LogP contribution in [0.2, 0.25) is 0 Å². The molecule has 1 aromatic heterocycles. The van der Waals surface area contributed by atoms with Crippen LogP contribution in [0.3, 0.4) is 0 Å². The third-order valence-corrected chi connectivity index (χ3v) is 4.10. The Morgan fingerprint density at radius 2 is 1.83 bits per heavy atom. The molecule has 2 heterocycles. The van der Waals surface area contributed by atoms with Crippen molar-refractivity contribution in [3.63, 3.8) is 0 Å². The van der Waals surface area contributed by atoms with Gasteiger partial charge in [-0.15, -0.1) is 0 Å². The fraction of sp³-hybridized carbons (Fsp3) is 0.500. The molecule has 0 saturated carbocycles. The number of aliphatic hydroxyl groups excluding tert-OH is 1. The normalized spacial score (nSPS) is 23.8. The van der Waals surface area contributed by atoms with Crippen molar-refractivity contribution in [2.24, 2.45) is 0 Å². The van der Waals surface area contributed by atoms with Gasteiger partial charge in [0.1, 0.15) is 0 Å². The molecule has 1 N–H and O–H groups in total. The second-order valence-electron chi connectivity index (χ2n) is 6.45. The summed E-state index contributed by atoms with van der Waals surface area (Å²) < 4.78 is 7.55. The van der Waals surface area contributed by atoms with E-state index in [0.29, 0.717) is 13.1 Å². The Morgan fingerprint density at radius 3 is 2.52 bits per heavy atom. The van der Waals surface area contributed by atoms with Crippen LogP contribution in [0, 0.1) is 0 Å². The number of hydrogen-bond acceptors (Lipinski definition) is 4. The van der Waals surface area contributed by atoms with Crippen LogP contribution in [0.25, 0.3) is 11.1 Å². The molecular weight excluding hydrogens is 290 g/mol. The number of hydrogen-bond donors (Lipinski definition) is 1. The fourth-order valence-corrected chi connectivity index (χ4v) is 3.25. The largest absolute Gasteiger partial charge is 0.390 e. The Hall–Kier alpha value is -1.69. The summed E-state index contributed by atoms with van der Waals surface area (Å²) >= 11 is 0. The minimum atomic E-state index is -0.434. The number of nitrogens with zero attached hydrogens (tertiary/aromatic N) is 3. The van der Waals surface area contributed by atoms with Crippen LogP contribution in [-0.2, 0) is 11.3 Å². The van der Waals surface area contributed by atoms with Crippen LogP contribution >= 0.6 is 0 Å². The Kier molecular flexibility index (Phi) is 5.10. The molecule has 0 unspecified atom stereocenters. The van der Waals surface area contributed by atoms with E-state index in [2.05, 4.69) is 36.0 Å². The van der Waals surface area contributed by atoms with Crippen molar-refractivity contribution < 1.29 is 9.84 Å². The lowest BCUT2D eigenvalue weighted by Gasteiger charge is -2.36. The van der Waals surface area contributed by atoms with Gasteiger partial charge in [-0.1, -0.05) is 30.3 Å². The second kappa shape index (κ2) is 7.25. The molecule has 5 heteroatoms. The van der Waals surface area contributed by atoms with Crippen LogP contribution in [0.15, 0.2) is 42.7 Å². The summed E-state index contributed by atoms with van der Waals surface area (Å²) in [6.45, 7) is 7.06. The summed E-state index contributed by atoms with van der Waals surface area (Å²) in [5.41, 5.74) is 2.22. The van der Waals surface area contributed by atoms with Crippen molar-refractivity contribution in [2.45, 2.75) is 38.7 Å². The number of aliphatic hydroxyl groups is 1. The molecule has 124 valence electrons. The Labute approximate surface area is 137 Å². The standard InChI is InChI=1S/C18H25N3O2/c1-14-9-20(10-15(2)23-14)12-18(22)13-21-11-17(8-19-21)16-6-4-3-5-7-16/h3-8,11,14-15,18,22H,9-10,12-13H2,1-2H3/t14-,15-,18-/m1/s1. The zero-order chi connectivity index (χ0) is 16.2. The number of rotatable bonds is 5. The molecule has 1 aliphatic rings. The molecule has 1 aliphatic heterocycles. The minimum Gasteiger partial charge on any atom is -0.390 e. The quantitative estimate of drug-likeness (QED) is 0.917. The van der Waals surface area contributed by atoms with E-state index >= 15 is 0 Å². The van der Waals surface area contributed by atoms with Gasteiger partial charge >= 0.3 is 0 Å². The van der Waals surface area contributed by atoms with Crippen molar-refractivity contribution in [1.29, 1.82) is 0 Å². The minimum absolute atomic E-state index is 0.223. The van der Waals surface area contributed by atoms with E-state index in [1.54, 1.807) is 0 Å². The molecule has 2 aromatic rings.